The van der Waals surface area contributed by atoms with Crippen molar-refractivity contribution in [3.63, 3.8) is 0 Å². The highest BCUT2D eigenvalue weighted by molar-refractivity contribution is 8.37. The van der Waals surface area contributed by atoms with E-state index in [0.717, 1.165) is 4.58 Å². The maximum atomic E-state index is 2.45. The second kappa shape index (κ2) is 2.55. The molecule has 0 radical (unpaired) electrons. The van der Waals surface area contributed by atoms with Gasteiger partial charge in [-0.3, -0.25) is 0 Å². The summed E-state index contributed by atoms with van der Waals surface area (Å²) in [5.74, 6) is 0. The Hall–Kier alpha value is 1.40. The van der Waals surface area contributed by atoms with Gasteiger partial charge in [0.1, 0.15) is 0 Å². The summed E-state index contributed by atoms with van der Waals surface area (Å²) in [4.78, 5) is 0. The minimum atomic E-state index is 0.517. The molecule has 13 heavy (non-hydrogen) atoms. The Bertz CT molecular complexity index is 214. The highest BCUT2D eigenvalue weighted by atomic mass is 32.3. The lowest BCUT2D eigenvalue weighted by atomic mass is 10.2. The molecule has 0 aromatic carbocycles. The van der Waals surface area contributed by atoms with Crippen LogP contribution in [0.15, 0.2) is 0 Å². The molecule has 4 heterocycles. The predicted octanol–water partition coefficient (Wildman–Crippen LogP) is 4.21. The molecule has 0 amide bonds. The van der Waals surface area contributed by atoms with E-state index in [0.29, 0.717) is 12.2 Å². The summed E-state index contributed by atoms with van der Waals surface area (Å²) in [6.45, 7) is 7.35. The lowest BCUT2D eigenvalue weighted by Crippen LogP contribution is -2.52. The SMILES string of the molecule is CC12CC3(C)SC(CC(C)(S1)S3)S2. The van der Waals surface area contributed by atoms with Crippen molar-refractivity contribution < 1.29 is 0 Å². The molecule has 0 nitrogen and oxygen atoms in total. The van der Waals surface area contributed by atoms with Gasteiger partial charge in [-0.25, -0.2) is 0 Å². The molecular formula is C9H14S4. The van der Waals surface area contributed by atoms with Crippen molar-refractivity contribution in [1.29, 1.82) is 0 Å². The first kappa shape index (κ1) is 9.61. The van der Waals surface area contributed by atoms with Gasteiger partial charge in [0.15, 0.2) is 0 Å². The molecule has 0 saturated carbocycles. The summed E-state index contributed by atoms with van der Waals surface area (Å²) >= 11 is 8.88. The topological polar surface area (TPSA) is 0 Å². The van der Waals surface area contributed by atoms with E-state index in [1.54, 1.807) is 0 Å². The van der Waals surface area contributed by atoms with Crippen LogP contribution in [0, 0.1) is 0 Å². The minimum Gasteiger partial charge on any atom is -0.130 e. The highest BCUT2D eigenvalue weighted by Gasteiger charge is 2.61. The zero-order valence-corrected chi connectivity index (χ0v) is 11.4. The van der Waals surface area contributed by atoms with E-state index in [1.165, 1.54) is 12.8 Å². The summed E-state index contributed by atoms with van der Waals surface area (Å²) in [5, 5.41) is 0. The van der Waals surface area contributed by atoms with Gasteiger partial charge in [0, 0.05) is 0 Å². The first-order chi connectivity index (χ1) is 5.91. The average molecular weight is 250 g/mol. The van der Waals surface area contributed by atoms with Gasteiger partial charge in [0.05, 0.1) is 16.8 Å². The summed E-state index contributed by atoms with van der Waals surface area (Å²) in [6, 6.07) is 0. The van der Waals surface area contributed by atoms with Gasteiger partial charge in [-0.05, 0) is 33.6 Å². The van der Waals surface area contributed by atoms with Crippen LogP contribution in [0.4, 0.5) is 0 Å². The second-order valence-corrected chi connectivity index (χ2v) is 13.1. The Balaban J connectivity index is 2.03. The Morgan fingerprint density at radius 3 is 1.85 bits per heavy atom. The van der Waals surface area contributed by atoms with Gasteiger partial charge in [0.25, 0.3) is 0 Å². The lowest BCUT2D eigenvalue weighted by molar-refractivity contribution is 0.639. The molecule has 4 aliphatic heterocycles. The van der Waals surface area contributed by atoms with Crippen molar-refractivity contribution in [2.75, 3.05) is 0 Å². The van der Waals surface area contributed by atoms with Crippen molar-refractivity contribution >= 4 is 47.0 Å². The Kier molecular flexibility index (Phi) is 1.89. The molecule has 2 atom stereocenters. The quantitative estimate of drug-likeness (QED) is 0.631. The van der Waals surface area contributed by atoms with Crippen molar-refractivity contribution in [1.82, 2.24) is 0 Å². The average Bonchev–Trinajstić information content (AvgIpc) is 1.71. The summed E-state index contributed by atoms with van der Waals surface area (Å²) in [5.41, 5.74) is 0. The number of thioether (sulfide) groups is 4. The normalized spacial score (nSPS) is 64.4. The van der Waals surface area contributed by atoms with Crippen LogP contribution in [0.2, 0.25) is 0 Å². The molecule has 4 saturated heterocycles. The van der Waals surface area contributed by atoms with Crippen LogP contribution in [0.5, 0.6) is 0 Å². The fraction of sp³-hybridized carbons (Fsp3) is 1.00. The predicted molar refractivity (Wildman–Crippen MR) is 68.6 cm³/mol. The van der Waals surface area contributed by atoms with E-state index in [2.05, 4.69) is 67.8 Å². The van der Waals surface area contributed by atoms with Crippen LogP contribution >= 0.6 is 47.0 Å². The summed E-state index contributed by atoms with van der Waals surface area (Å²) < 4.78 is 2.42. The van der Waals surface area contributed by atoms with E-state index in [9.17, 15) is 0 Å². The zero-order valence-electron chi connectivity index (χ0n) is 8.12. The van der Waals surface area contributed by atoms with Gasteiger partial charge in [-0.15, -0.1) is 47.0 Å². The molecule has 4 heteroatoms. The van der Waals surface area contributed by atoms with Crippen molar-refractivity contribution in [3.8, 4) is 0 Å². The molecule has 4 bridgehead atoms. The molecule has 2 unspecified atom stereocenters. The molecule has 0 N–H and O–H groups in total. The highest BCUT2D eigenvalue weighted by Crippen LogP contribution is 2.77. The molecule has 0 aliphatic carbocycles. The Labute approximate surface area is 97.1 Å². The Morgan fingerprint density at radius 1 is 0.923 bits per heavy atom. The van der Waals surface area contributed by atoms with Gasteiger partial charge >= 0.3 is 0 Å². The van der Waals surface area contributed by atoms with E-state index in [4.69, 9.17) is 0 Å². The van der Waals surface area contributed by atoms with Gasteiger partial charge in [-0.2, -0.15) is 0 Å². The molecule has 0 aromatic rings. The number of hydrogen-bond donors (Lipinski definition) is 0. The third-order valence-corrected chi connectivity index (χ3v) is 9.45. The van der Waals surface area contributed by atoms with Gasteiger partial charge in [-0.1, -0.05) is 0 Å². The number of rotatable bonds is 0. The summed E-state index contributed by atoms with van der Waals surface area (Å²) in [6.07, 6.45) is 2.76. The Morgan fingerprint density at radius 2 is 1.46 bits per heavy atom. The summed E-state index contributed by atoms with van der Waals surface area (Å²) in [7, 11) is 0. The third kappa shape index (κ3) is 1.47. The molecule has 0 spiro atoms. The third-order valence-electron chi connectivity index (χ3n) is 2.80. The molecule has 4 rings (SSSR count). The van der Waals surface area contributed by atoms with Crippen LogP contribution in [-0.4, -0.2) is 16.8 Å². The molecule has 4 fully saturated rings. The second-order valence-electron chi connectivity index (χ2n) is 4.65. The lowest BCUT2D eigenvalue weighted by Gasteiger charge is -2.62. The maximum absolute atomic E-state index is 2.45. The van der Waals surface area contributed by atoms with Crippen LogP contribution < -0.4 is 0 Å². The first-order valence-corrected chi connectivity index (χ1v) is 8.06. The molecule has 0 aromatic heterocycles. The standard InChI is InChI=1S/C9H14S4/c1-7-4-6-10-8(2,12-7)5-9(3,11-6)13-7/h6H,4-5H2,1-3H3. The smallest absolute Gasteiger partial charge is 0.0629 e. The van der Waals surface area contributed by atoms with Crippen LogP contribution in [-0.2, 0) is 0 Å². The van der Waals surface area contributed by atoms with Crippen LogP contribution in [0.25, 0.3) is 0 Å². The molecule has 4 aliphatic rings. The van der Waals surface area contributed by atoms with Gasteiger partial charge < -0.3 is 0 Å². The monoisotopic (exact) mass is 250 g/mol. The zero-order chi connectivity index (χ0) is 9.32. The first-order valence-electron chi connectivity index (χ1n) is 4.67. The van der Waals surface area contributed by atoms with Crippen molar-refractivity contribution in [3.05, 3.63) is 0 Å². The van der Waals surface area contributed by atoms with E-state index in [1.807, 2.05) is 0 Å². The molecule has 74 valence electrons. The van der Waals surface area contributed by atoms with E-state index < -0.39 is 0 Å². The largest absolute Gasteiger partial charge is 0.130 e. The van der Waals surface area contributed by atoms with Gasteiger partial charge in [0.2, 0.25) is 0 Å². The fourth-order valence-corrected chi connectivity index (χ4v) is 14.9. The fourth-order valence-electron chi connectivity index (χ4n) is 2.77. The van der Waals surface area contributed by atoms with E-state index in [-0.39, 0.29) is 0 Å². The minimum absolute atomic E-state index is 0.517. The van der Waals surface area contributed by atoms with E-state index >= 15 is 0 Å². The van der Waals surface area contributed by atoms with Crippen LogP contribution in [0.3, 0.4) is 0 Å². The number of hydrogen-bond acceptors (Lipinski definition) is 4. The van der Waals surface area contributed by atoms with Crippen LogP contribution in [0.1, 0.15) is 33.6 Å². The maximum Gasteiger partial charge on any atom is 0.0629 e. The molecular weight excluding hydrogens is 236 g/mol. The van der Waals surface area contributed by atoms with Crippen molar-refractivity contribution in [2.24, 2.45) is 0 Å². The van der Waals surface area contributed by atoms with Crippen molar-refractivity contribution in [2.45, 2.75) is 50.4 Å².